The summed E-state index contributed by atoms with van der Waals surface area (Å²) >= 11 is 0. The number of halogens is 3. The molecule has 11 heteroatoms. The molecular weight excluding hydrogens is 403 g/mol. The van der Waals surface area contributed by atoms with Gasteiger partial charge < -0.3 is 20.8 Å². The van der Waals surface area contributed by atoms with E-state index in [0.29, 0.717) is 17.1 Å². The zero-order valence-electron chi connectivity index (χ0n) is 15.4. The molecule has 8 nitrogen and oxygen atoms in total. The molecule has 3 aromatic rings. The summed E-state index contributed by atoms with van der Waals surface area (Å²) in [5.41, 5.74) is 7.37. The average Bonchev–Trinajstić information content (AvgIpc) is 3.44. The highest BCUT2D eigenvalue weighted by Crippen LogP contribution is 2.39. The van der Waals surface area contributed by atoms with Gasteiger partial charge in [-0.15, -0.1) is 13.2 Å². The molecule has 1 aromatic carbocycles. The lowest BCUT2D eigenvalue weighted by Crippen LogP contribution is -2.37. The van der Waals surface area contributed by atoms with Gasteiger partial charge >= 0.3 is 6.36 Å². The number of ether oxygens (including phenoxy) is 1. The van der Waals surface area contributed by atoms with Crippen molar-refractivity contribution < 1.29 is 27.5 Å². The van der Waals surface area contributed by atoms with E-state index in [2.05, 4.69) is 25.0 Å². The molecule has 30 heavy (non-hydrogen) atoms. The summed E-state index contributed by atoms with van der Waals surface area (Å²) in [6.07, 6.45) is 0.284. The first-order valence-electron chi connectivity index (χ1n) is 9.01. The van der Waals surface area contributed by atoms with Crippen LogP contribution in [0.15, 0.2) is 36.7 Å². The van der Waals surface area contributed by atoms with E-state index in [9.17, 15) is 22.8 Å². The Bertz CT molecular complexity index is 1110. The van der Waals surface area contributed by atoms with E-state index in [-0.39, 0.29) is 11.1 Å². The summed E-state index contributed by atoms with van der Waals surface area (Å²) in [5, 5.41) is 2.50. The van der Waals surface area contributed by atoms with E-state index in [1.807, 2.05) is 0 Å². The first-order chi connectivity index (χ1) is 14.2. The van der Waals surface area contributed by atoms with Gasteiger partial charge in [0.15, 0.2) is 5.65 Å². The number of nitrogens with two attached hydrogens (primary N) is 1. The fraction of sp³-hybridized carbons (Fsp3) is 0.263. The van der Waals surface area contributed by atoms with E-state index in [0.717, 1.165) is 30.7 Å². The first-order valence-corrected chi connectivity index (χ1v) is 9.01. The van der Waals surface area contributed by atoms with Gasteiger partial charge in [0.2, 0.25) is 5.91 Å². The third-order valence-corrected chi connectivity index (χ3v) is 4.65. The molecule has 1 unspecified atom stereocenters. The number of fused-ring (bicyclic) bond motifs is 1. The molecule has 2 amide bonds. The molecule has 0 radical (unpaired) electrons. The highest BCUT2D eigenvalue weighted by atomic mass is 19.4. The van der Waals surface area contributed by atoms with E-state index < -0.39 is 30.0 Å². The predicted octanol–water partition coefficient (Wildman–Crippen LogP) is 2.69. The molecule has 0 saturated heterocycles. The average molecular weight is 419 g/mol. The van der Waals surface area contributed by atoms with Crippen molar-refractivity contribution >= 4 is 23.0 Å². The van der Waals surface area contributed by atoms with E-state index >= 15 is 0 Å². The lowest BCUT2D eigenvalue weighted by molar-refractivity contribution is -0.274. The number of hydrogen-bond acceptors (Lipinski definition) is 5. The molecule has 0 spiro atoms. The summed E-state index contributed by atoms with van der Waals surface area (Å²) in [5.74, 6) is -1.62. The zero-order chi connectivity index (χ0) is 21.5. The van der Waals surface area contributed by atoms with Crippen molar-refractivity contribution in [1.29, 1.82) is 0 Å². The van der Waals surface area contributed by atoms with Crippen LogP contribution in [0.2, 0.25) is 0 Å². The highest BCUT2D eigenvalue weighted by molar-refractivity contribution is 6.05. The summed E-state index contributed by atoms with van der Waals surface area (Å²) < 4.78 is 40.7. The Hall–Kier alpha value is -3.63. The number of alkyl halides is 3. The maximum atomic E-state index is 12.8. The van der Waals surface area contributed by atoms with Gasteiger partial charge in [-0.3, -0.25) is 9.59 Å². The number of nitrogens with one attached hydrogen (secondary N) is 2. The number of primary amides is 1. The second-order valence-electron chi connectivity index (χ2n) is 6.89. The van der Waals surface area contributed by atoms with Crippen molar-refractivity contribution in [2.24, 2.45) is 5.73 Å². The van der Waals surface area contributed by atoms with Crippen LogP contribution in [-0.2, 0) is 4.79 Å². The number of rotatable bonds is 6. The van der Waals surface area contributed by atoms with Crippen LogP contribution < -0.4 is 15.8 Å². The molecular formula is C19H16F3N5O3. The van der Waals surface area contributed by atoms with Gasteiger partial charge in [-0.2, -0.15) is 0 Å². The Labute approximate surface area is 167 Å². The number of hydrogen-bond donors (Lipinski definition) is 3. The number of carbonyl (C=O) groups is 2. The number of amides is 2. The van der Waals surface area contributed by atoms with Gasteiger partial charge in [0.05, 0.1) is 17.5 Å². The number of carbonyl (C=O) groups excluding carboxylic acids is 2. The van der Waals surface area contributed by atoms with Crippen LogP contribution >= 0.6 is 0 Å². The highest BCUT2D eigenvalue weighted by Gasteiger charge is 2.31. The molecule has 4 N–H and O–H groups in total. The van der Waals surface area contributed by atoms with Gasteiger partial charge in [0, 0.05) is 12.1 Å². The zero-order valence-corrected chi connectivity index (χ0v) is 15.4. The number of benzene rings is 1. The first kappa shape index (κ1) is 19.7. The molecule has 2 heterocycles. The van der Waals surface area contributed by atoms with Crippen LogP contribution in [0.1, 0.15) is 46.4 Å². The Kier molecular flexibility index (Phi) is 4.80. The second kappa shape index (κ2) is 7.32. The largest absolute Gasteiger partial charge is 0.573 e. The normalized spacial score (nSPS) is 15.0. The molecule has 0 aliphatic heterocycles. The van der Waals surface area contributed by atoms with E-state index in [1.54, 1.807) is 6.20 Å². The molecule has 1 fully saturated rings. The van der Waals surface area contributed by atoms with E-state index in [1.165, 1.54) is 18.3 Å². The minimum absolute atomic E-state index is 0.184. The molecule has 156 valence electrons. The van der Waals surface area contributed by atoms with Crippen LogP contribution in [0.25, 0.3) is 11.2 Å². The Balaban J connectivity index is 1.56. The lowest BCUT2D eigenvalue weighted by atomic mass is 10.1. The third kappa shape index (κ3) is 4.19. The maximum absolute atomic E-state index is 12.8. The van der Waals surface area contributed by atoms with Gasteiger partial charge in [-0.05, 0) is 30.5 Å². The third-order valence-electron chi connectivity index (χ3n) is 4.65. The van der Waals surface area contributed by atoms with E-state index in [4.69, 9.17) is 5.73 Å². The van der Waals surface area contributed by atoms with Gasteiger partial charge in [-0.25, -0.2) is 9.97 Å². The number of aromatic amines is 1. The fourth-order valence-electron chi connectivity index (χ4n) is 3.04. The number of H-pyrrole nitrogens is 1. The molecule has 1 aliphatic carbocycles. The van der Waals surface area contributed by atoms with Gasteiger partial charge in [0.1, 0.15) is 17.3 Å². The van der Waals surface area contributed by atoms with Crippen molar-refractivity contribution in [3.8, 4) is 5.75 Å². The Morgan fingerprint density at radius 1 is 1.23 bits per heavy atom. The summed E-state index contributed by atoms with van der Waals surface area (Å²) in [4.78, 5) is 36.3. The van der Waals surface area contributed by atoms with Crippen LogP contribution in [0.4, 0.5) is 13.2 Å². The van der Waals surface area contributed by atoms with Crippen molar-refractivity contribution in [2.75, 3.05) is 0 Å². The maximum Gasteiger partial charge on any atom is 0.573 e. The minimum Gasteiger partial charge on any atom is -0.406 e. The fourth-order valence-corrected chi connectivity index (χ4v) is 3.04. The number of aromatic nitrogens is 3. The Morgan fingerprint density at radius 2 is 1.93 bits per heavy atom. The quantitative estimate of drug-likeness (QED) is 0.567. The van der Waals surface area contributed by atoms with Gasteiger partial charge in [0.25, 0.3) is 5.91 Å². The van der Waals surface area contributed by atoms with Crippen molar-refractivity contribution in [3.63, 3.8) is 0 Å². The standard InChI is InChI=1S/C19H16F3N5O3/c20-19(21,22)30-11-5-3-10(4-6-11)14(16(23)28)27-18(29)12-7-24-17-15(12)26-13(8-25-17)9-1-2-9/h3-9,14H,1-2H2,(H2,23,28)(H,24,25)(H,27,29). The SMILES string of the molecule is NC(=O)C(NC(=O)c1c[nH]c2ncc(C3CC3)nc12)c1ccc(OC(F)(F)F)cc1. The predicted molar refractivity (Wildman–Crippen MR) is 98.4 cm³/mol. The Morgan fingerprint density at radius 3 is 2.53 bits per heavy atom. The van der Waals surface area contributed by atoms with Crippen molar-refractivity contribution in [3.05, 3.63) is 53.5 Å². The minimum atomic E-state index is -4.84. The van der Waals surface area contributed by atoms with Crippen LogP contribution in [0.5, 0.6) is 5.75 Å². The molecule has 4 rings (SSSR count). The smallest absolute Gasteiger partial charge is 0.406 e. The second-order valence-corrected chi connectivity index (χ2v) is 6.89. The molecule has 2 aromatic heterocycles. The van der Waals surface area contributed by atoms with Gasteiger partial charge in [-0.1, -0.05) is 12.1 Å². The number of nitrogens with zero attached hydrogens (tertiary/aromatic N) is 2. The monoisotopic (exact) mass is 419 g/mol. The molecule has 1 atom stereocenters. The molecule has 1 aliphatic rings. The summed E-state index contributed by atoms with van der Waals surface area (Å²) in [6.45, 7) is 0. The summed E-state index contributed by atoms with van der Waals surface area (Å²) in [6, 6.07) is 3.24. The summed E-state index contributed by atoms with van der Waals surface area (Å²) in [7, 11) is 0. The van der Waals surface area contributed by atoms with Crippen molar-refractivity contribution in [2.45, 2.75) is 31.2 Å². The molecule has 1 saturated carbocycles. The van der Waals surface area contributed by atoms with Crippen molar-refractivity contribution in [1.82, 2.24) is 20.3 Å². The molecule has 0 bridgehead atoms. The van der Waals surface area contributed by atoms with Crippen LogP contribution in [0, 0.1) is 0 Å². The van der Waals surface area contributed by atoms with Crippen LogP contribution in [0.3, 0.4) is 0 Å². The topological polar surface area (TPSA) is 123 Å². The lowest BCUT2D eigenvalue weighted by Gasteiger charge is -2.16. The van der Waals surface area contributed by atoms with Crippen LogP contribution in [-0.4, -0.2) is 33.1 Å².